The van der Waals surface area contributed by atoms with Gasteiger partial charge in [0.2, 0.25) is 11.8 Å². The monoisotopic (exact) mass is 440 g/mol. The second-order valence-electron chi connectivity index (χ2n) is 8.44. The van der Waals surface area contributed by atoms with Crippen LogP contribution in [0.15, 0.2) is 10.5 Å². The van der Waals surface area contributed by atoms with Crippen molar-refractivity contribution in [1.82, 2.24) is 15.6 Å². The molecule has 0 unspecified atom stereocenters. The SMILES string of the molecule is O=C1Nc2c(Cl)cc3nc(CNC[C@@H]4CCOC4)oc3c2C2(CCC(F)(F)CC2)N1. The lowest BCUT2D eigenvalue weighted by molar-refractivity contribution is -0.0552. The van der Waals surface area contributed by atoms with Crippen molar-refractivity contribution in [1.29, 1.82) is 0 Å². The Bertz CT molecular complexity index is 980. The number of urea groups is 1. The first-order valence-corrected chi connectivity index (χ1v) is 10.6. The lowest BCUT2D eigenvalue weighted by Gasteiger charge is -2.44. The summed E-state index contributed by atoms with van der Waals surface area (Å²) in [6, 6.07) is 1.19. The number of aromatic nitrogens is 1. The number of nitrogens with one attached hydrogen (secondary N) is 3. The van der Waals surface area contributed by atoms with E-state index in [0.29, 0.717) is 45.7 Å². The normalized spacial score (nSPS) is 24.6. The number of benzene rings is 1. The molecule has 3 heterocycles. The van der Waals surface area contributed by atoms with E-state index in [-0.39, 0.29) is 25.7 Å². The molecule has 0 radical (unpaired) electrons. The molecule has 5 rings (SSSR count). The van der Waals surface area contributed by atoms with Crippen LogP contribution in [0.2, 0.25) is 5.02 Å². The molecule has 2 amide bonds. The van der Waals surface area contributed by atoms with Crippen molar-refractivity contribution in [2.75, 3.05) is 25.1 Å². The number of nitrogens with zero attached hydrogens (tertiary/aromatic N) is 1. The van der Waals surface area contributed by atoms with Crippen molar-refractivity contribution < 1.29 is 22.7 Å². The third kappa shape index (κ3) is 3.52. The Morgan fingerprint density at radius 3 is 2.83 bits per heavy atom. The fourth-order valence-corrected chi connectivity index (χ4v) is 4.95. The van der Waals surface area contributed by atoms with Crippen LogP contribution in [0.25, 0.3) is 11.1 Å². The van der Waals surface area contributed by atoms with Crippen LogP contribution in [-0.4, -0.2) is 36.7 Å². The summed E-state index contributed by atoms with van der Waals surface area (Å²) in [4.78, 5) is 16.8. The summed E-state index contributed by atoms with van der Waals surface area (Å²) in [6.07, 6.45) is 0.610. The molecule has 3 N–H and O–H groups in total. The van der Waals surface area contributed by atoms with Gasteiger partial charge in [-0.25, -0.2) is 18.6 Å². The van der Waals surface area contributed by atoms with Crippen LogP contribution < -0.4 is 16.0 Å². The fraction of sp³-hybridized carbons (Fsp3) is 0.600. The van der Waals surface area contributed by atoms with Gasteiger partial charge in [-0.05, 0) is 31.2 Å². The summed E-state index contributed by atoms with van der Waals surface area (Å²) in [7, 11) is 0. The summed E-state index contributed by atoms with van der Waals surface area (Å²) >= 11 is 6.44. The predicted molar refractivity (Wildman–Crippen MR) is 107 cm³/mol. The molecule has 30 heavy (non-hydrogen) atoms. The molecule has 2 fully saturated rings. The van der Waals surface area contributed by atoms with Crippen LogP contribution >= 0.6 is 11.6 Å². The molecule has 1 saturated heterocycles. The van der Waals surface area contributed by atoms with Crippen molar-refractivity contribution in [3.05, 3.63) is 22.5 Å². The zero-order valence-corrected chi connectivity index (χ0v) is 17.1. The van der Waals surface area contributed by atoms with Gasteiger partial charge in [0.1, 0.15) is 5.52 Å². The van der Waals surface area contributed by atoms with Gasteiger partial charge in [0, 0.05) is 31.6 Å². The van der Waals surface area contributed by atoms with Crippen molar-refractivity contribution >= 4 is 34.4 Å². The number of hydrogen-bond donors (Lipinski definition) is 3. The second kappa shape index (κ2) is 7.32. The topological polar surface area (TPSA) is 88.4 Å². The van der Waals surface area contributed by atoms with Crippen LogP contribution in [-0.2, 0) is 16.8 Å². The standard InChI is InChI=1S/C20H23ClF2N4O3/c21-12-7-13-17(30-14(25-13)9-24-8-11-1-6-29-10-11)15-16(12)26-18(28)27-19(15)2-4-20(22,23)5-3-19/h7,11,24H,1-6,8-10H2,(H2,26,27,28)/t11-/m0/s1. The Kier molecular flexibility index (Phi) is 4.87. The summed E-state index contributed by atoms with van der Waals surface area (Å²) < 4.78 is 39.2. The van der Waals surface area contributed by atoms with Crippen LogP contribution in [0.1, 0.15) is 43.6 Å². The summed E-state index contributed by atoms with van der Waals surface area (Å²) in [5.41, 5.74) is 1.11. The third-order valence-corrected chi connectivity index (χ3v) is 6.61. The third-order valence-electron chi connectivity index (χ3n) is 6.32. The molecule has 7 nitrogen and oxygen atoms in total. The van der Waals surface area contributed by atoms with Gasteiger partial charge in [0.05, 0.1) is 29.4 Å². The molecule has 162 valence electrons. The number of carbonyl (C=O) groups excluding carboxylic acids is 1. The van der Waals surface area contributed by atoms with Crippen LogP contribution in [0.4, 0.5) is 19.3 Å². The zero-order valence-electron chi connectivity index (χ0n) is 16.3. The number of oxazole rings is 1. The summed E-state index contributed by atoms with van der Waals surface area (Å²) in [5, 5.41) is 9.24. The molecule has 1 aliphatic carbocycles. The Hall–Kier alpha value is -1.97. The van der Waals surface area contributed by atoms with Crippen molar-refractivity contribution in [3.8, 4) is 0 Å². The highest BCUT2D eigenvalue weighted by molar-refractivity contribution is 6.35. The quantitative estimate of drug-likeness (QED) is 0.664. The fourth-order valence-electron chi connectivity index (χ4n) is 4.70. The van der Waals surface area contributed by atoms with Crippen molar-refractivity contribution in [3.63, 3.8) is 0 Å². The van der Waals surface area contributed by atoms with E-state index >= 15 is 0 Å². The number of alkyl halides is 2. The second-order valence-corrected chi connectivity index (χ2v) is 8.85. The highest BCUT2D eigenvalue weighted by Crippen LogP contribution is 2.51. The van der Waals surface area contributed by atoms with E-state index in [4.69, 9.17) is 20.8 Å². The van der Waals surface area contributed by atoms with Gasteiger partial charge in [-0.1, -0.05) is 11.6 Å². The highest BCUT2D eigenvalue weighted by Gasteiger charge is 2.50. The average molecular weight is 441 g/mol. The number of ether oxygens (including phenoxy) is 1. The Morgan fingerprint density at radius 2 is 2.10 bits per heavy atom. The maximum absolute atomic E-state index is 13.9. The summed E-state index contributed by atoms with van der Waals surface area (Å²) in [6.45, 7) is 2.78. The lowest BCUT2D eigenvalue weighted by Crippen LogP contribution is -2.54. The van der Waals surface area contributed by atoms with E-state index in [1.807, 2.05) is 0 Å². The summed E-state index contributed by atoms with van der Waals surface area (Å²) in [5.74, 6) is -1.77. The molecule has 0 bridgehead atoms. The molecular formula is C20H23ClF2N4O3. The van der Waals surface area contributed by atoms with Crippen LogP contribution in [0.3, 0.4) is 0 Å². The molecule has 3 aliphatic rings. The minimum Gasteiger partial charge on any atom is -0.439 e. The minimum atomic E-state index is -2.74. The first-order valence-electron chi connectivity index (χ1n) is 10.2. The minimum absolute atomic E-state index is 0.103. The van der Waals surface area contributed by atoms with Gasteiger partial charge < -0.3 is 25.1 Å². The van der Waals surface area contributed by atoms with Crippen molar-refractivity contribution in [2.45, 2.75) is 50.1 Å². The van der Waals surface area contributed by atoms with E-state index in [2.05, 4.69) is 20.9 Å². The predicted octanol–water partition coefficient (Wildman–Crippen LogP) is 4.15. The van der Waals surface area contributed by atoms with Crippen LogP contribution in [0.5, 0.6) is 0 Å². The molecular weight excluding hydrogens is 418 g/mol. The maximum atomic E-state index is 13.9. The first-order chi connectivity index (χ1) is 14.4. The van der Waals surface area contributed by atoms with E-state index in [9.17, 15) is 13.6 Å². The van der Waals surface area contributed by atoms with Crippen molar-refractivity contribution in [2.24, 2.45) is 5.92 Å². The largest absolute Gasteiger partial charge is 0.439 e. The zero-order chi connectivity index (χ0) is 20.9. The molecule has 2 aliphatic heterocycles. The number of rotatable bonds is 4. The Labute approximate surface area is 176 Å². The van der Waals surface area contributed by atoms with Gasteiger partial charge in [0.15, 0.2) is 5.58 Å². The average Bonchev–Trinajstić information content (AvgIpc) is 3.34. The first kappa shape index (κ1) is 20.0. The molecule has 2 aromatic rings. The van der Waals surface area contributed by atoms with E-state index in [1.165, 1.54) is 0 Å². The van der Waals surface area contributed by atoms with Gasteiger partial charge in [0.25, 0.3) is 0 Å². The molecule has 1 aromatic carbocycles. The Morgan fingerprint density at radius 1 is 1.30 bits per heavy atom. The smallest absolute Gasteiger partial charge is 0.319 e. The maximum Gasteiger partial charge on any atom is 0.319 e. The molecule has 1 saturated carbocycles. The highest BCUT2D eigenvalue weighted by atomic mass is 35.5. The number of halogens is 3. The Balaban J connectivity index is 1.48. The van der Waals surface area contributed by atoms with Crippen LogP contribution in [0, 0.1) is 5.92 Å². The van der Waals surface area contributed by atoms with Gasteiger partial charge >= 0.3 is 6.03 Å². The van der Waals surface area contributed by atoms with E-state index < -0.39 is 17.5 Å². The molecule has 1 aromatic heterocycles. The van der Waals surface area contributed by atoms with E-state index in [0.717, 1.165) is 26.2 Å². The number of carbonyl (C=O) groups is 1. The number of fused-ring (bicyclic) bond motifs is 4. The van der Waals surface area contributed by atoms with Gasteiger partial charge in [-0.3, -0.25) is 0 Å². The molecule has 1 spiro atoms. The number of hydrogen-bond acceptors (Lipinski definition) is 5. The van der Waals surface area contributed by atoms with Gasteiger partial charge in [-0.2, -0.15) is 0 Å². The van der Waals surface area contributed by atoms with Gasteiger partial charge in [-0.15, -0.1) is 0 Å². The molecule has 1 atom stereocenters. The number of amides is 2. The van der Waals surface area contributed by atoms with E-state index in [1.54, 1.807) is 6.07 Å². The molecule has 10 heteroatoms. The number of anilines is 1. The lowest BCUT2D eigenvalue weighted by atomic mass is 9.73.